The van der Waals surface area contributed by atoms with Crippen molar-refractivity contribution in [3.63, 3.8) is 0 Å². The molecule has 0 bridgehead atoms. The van der Waals surface area contributed by atoms with E-state index in [1.54, 1.807) is 11.8 Å². The molecule has 0 spiro atoms. The molecule has 0 unspecified atom stereocenters. The van der Waals surface area contributed by atoms with E-state index in [-0.39, 0.29) is 5.91 Å². The monoisotopic (exact) mass is 646 g/mol. The minimum atomic E-state index is -0.168. The number of benzene rings is 5. The Morgan fingerprint density at radius 1 is 0.729 bits per heavy atom. The van der Waals surface area contributed by atoms with Crippen molar-refractivity contribution in [2.24, 2.45) is 5.10 Å². The molecule has 1 aromatic heterocycles. The van der Waals surface area contributed by atoms with Crippen molar-refractivity contribution in [2.45, 2.75) is 25.3 Å². The second-order valence-electron chi connectivity index (χ2n) is 11.7. The number of rotatable bonds is 10. The largest absolute Gasteiger partial charge is 0.489 e. The first-order chi connectivity index (χ1) is 23.5. The number of ether oxygens (including phenoxy) is 1. The molecule has 48 heavy (non-hydrogen) atoms. The lowest BCUT2D eigenvalue weighted by molar-refractivity contribution is -0.114. The van der Waals surface area contributed by atoms with Gasteiger partial charge >= 0.3 is 0 Å². The molecule has 6 aromatic rings. The quantitative estimate of drug-likeness (QED) is 0.110. The SMILES string of the molecule is Cc1ccc(COc2ccc(-c3nn(-c4ccccc4)cc3C=C3C(=O)N(c4ccccc4)N=C3CSc3ccc(C)cc3)cc2)cc1. The fourth-order valence-electron chi connectivity index (χ4n) is 5.39. The average Bonchev–Trinajstić information content (AvgIpc) is 3.69. The smallest absolute Gasteiger partial charge is 0.280 e. The summed E-state index contributed by atoms with van der Waals surface area (Å²) >= 11 is 1.66. The first-order valence-corrected chi connectivity index (χ1v) is 16.8. The molecule has 1 amide bonds. The second-order valence-corrected chi connectivity index (χ2v) is 12.7. The zero-order valence-electron chi connectivity index (χ0n) is 26.8. The number of hydrogen-bond donors (Lipinski definition) is 0. The molecule has 6 nitrogen and oxygen atoms in total. The zero-order chi connectivity index (χ0) is 32.9. The first-order valence-electron chi connectivity index (χ1n) is 15.8. The van der Waals surface area contributed by atoms with Gasteiger partial charge in [0, 0.05) is 28.0 Å². The summed E-state index contributed by atoms with van der Waals surface area (Å²) in [5.41, 5.74) is 8.95. The molecule has 0 saturated heterocycles. The molecule has 7 heteroatoms. The zero-order valence-corrected chi connectivity index (χ0v) is 27.6. The van der Waals surface area contributed by atoms with E-state index in [4.69, 9.17) is 14.9 Å². The van der Waals surface area contributed by atoms with Crippen LogP contribution in [0.25, 0.3) is 23.0 Å². The van der Waals surface area contributed by atoms with Crippen molar-refractivity contribution in [1.29, 1.82) is 0 Å². The van der Waals surface area contributed by atoms with Gasteiger partial charge in [0.05, 0.1) is 28.4 Å². The number of thioether (sulfide) groups is 1. The molecule has 7 rings (SSSR count). The Morgan fingerprint density at radius 2 is 1.35 bits per heavy atom. The van der Waals surface area contributed by atoms with Crippen molar-refractivity contribution < 1.29 is 9.53 Å². The van der Waals surface area contributed by atoms with E-state index in [1.165, 1.54) is 16.1 Å². The predicted molar refractivity (Wildman–Crippen MR) is 196 cm³/mol. The summed E-state index contributed by atoms with van der Waals surface area (Å²) in [5.74, 6) is 1.15. The van der Waals surface area contributed by atoms with E-state index < -0.39 is 0 Å². The van der Waals surface area contributed by atoms with Gasteiger partial charge < -0.3 is 4.74 Å². The summed E-state index contributed by atoms with van der Waals surface area (Å²) in [4.78, 5) is 15.2. The molecule has 0 atom stereocenters. The van der Waals surface area contributed by atoms with E-state index in [0.29, 0.717) is 23.6 Å². The van der Waals surface area contributed by atoms with Crippen LogP contribution in [0.4, 0.5) is 5.69 Å². The van der Waals surface area contributed by atoms with Crippen LogP contribution in [0.5, 0.6) is 5.75 Å². The fraction of sp³-hybridized carbons (Fsp3) is 0.0976. The van der Waals surface area contributed by atoms with Gasteiger partial charge in [0.2, 0.25) is 0 Å². The number of hydrazone groups is 1. The molecule has 5 aromatic carbocycles. The van der Waals surface area contributed by atoms with Gasteiger partial charge in [0.25, 0.3) is 5.91 Å². The maximum atomic E-state index is 14.0. The highest BCUT2D eigenvalue weighted by atomic mass is 32.2. The minimum Gasteiger partial charge on any atom is -0.489 e. The maximum Gasteiger partial charge on any atom is 0.280 e. The van der Waals surface area contributed by atoms with Gasteiger partial charge in [0.15, 0.2) is 0 Å². The number of amides is 1. The Kier molecular flexibility index (Phi) is 9.03. The third kappa shape index (κ3) is 7.01. The topological polar surface area (TPSA) is 59.7 Å². The molecule has 1 aliphatic heterocycles. The van der Waals surface area contributed by atoms with Crippen LogP contribution in [-0.4, -0.2) is 27.2 Å². The molecular formula is C41H34N4O2S. The van der Waals surface area contributed by atoms with Crippen molar-refractivity contribution >= 4 is 35.1 Å². The van der Waals surface area contributed by atoms with Crippen LogP contribution in [0.15, 0.2) is 155 Å². The van der Waals surface area contributed by atoms with E-state index >= 15 is 0 Å². The third-order valence-corrected chi connectivity index (χ3v) is 9.09. The third-order valence-electron chi connectivity index (χ3n) is 8.07. The number of nitrogens with zero attached hydrogens (tertiary/aromatic N) is 4. The molecule has 2 heterocycles. The first kappa shape index (κ1) is 31.0. The number of aromatic nitrogens is 2. The van der Waals surface area contributed by atoms with Crippen molar-refractivity contribution in [1.82, 2.24) is 9.78 Å². The second kappa shape index (κ2) is 14.0. The van der Waals surface area contributed by atoms with Gasteiger partial charge in [-0.25, -0.2) is 4.68 Å². The lowest BCUT2D eigenvalue weighted by Crippen LogP contribution is -2.21. The van der Waals surface area contributed by atoms with Crippen molar-refractivity contribution in [3.8, 4) is 22.7 Å². The van der Waals surface area contributed by atoms with Gasteiger partial charge in [0.1, 0.15) is 12.4 Å². The van der Waals surface area contributed by atoms with Gasteiger partial charge in [-0.1, -0.05) is 83.9 Å². The number of anilines is 1. The Morgan fingerprint density at radius 3 is 2.02 bits per heavy atom. The normalized spacial score (nSPS) is 13.6. The van der Waals surface area contributed by atoms with E-state index in [0.717, 1.165) is 44.4 Å². The molecule has 0 aliphatic carbocycles. The lowest BCUT2D eigenvalue weighted by Gasteiger charge is -2.11. The molecule has 236 valence electrons. The van der Waals surface area contributed by atoms with Crippen LogP contribution >= 0.6 is 11.8 Å². The number of carbonyl (C=O) groups is 1. The van der Waals surface area contributed by atoms with Gasteiger partial charge in [-0.05, 0) is 86.2 Å². The van der Waals surface area contributed by atoms with Crippen molar-refractivity contribution in [3.05, 3.63) is 167 Å². The average molecular weight is 647 g/mol. The molecule has 0 radical (unpaired) electrons. The van der Waals surface area contributed by atoms with Crippen LogP contribution in [-0.2, 0) is 11.4 Å². The van der Waals surface area contributed by atoms with Gasteiger partial charge in [-0.2, -0.15) is 15.2 Å². The Hall–Kier alpha value is -5.66. The van der Waals surface area contributed by atoms with Crippen molar-refractivity contribution in [2.75, 3.05) is 10.8 Å². The lowest BCUT2D eigenvalue weighted by atomic mass is 10.0. The summed E-state index contributed by atoms with van der Waals surface area (Å²) in [6, 6.07) is 44.2. The Bertz CT molecular complexity index is 2090. The van der Waals surface area contributed by atoms with Crippen LogP contribution < -0.4 is 9.75 Å². The van der Waals surface area contributed by atoms with E-state index in [9.17, 15) is 4.79 Å². The Balaban J connectivity index is 1.23. The van der Waals surface area contributed by atoms with Gasteiger partial charge in [-0.3, -0.25) is 4.79 Å². The minimum absolute atomic E-state index is 0.168. The molecular weight excluding hydrogens is 613 g/mol. The summed E-state index contributed by atoms with van der Waals surface area (Å²) in [6.45, 7) is 4.64. The van der Waals surface area contributed by atoms with E-state index in [2.05, 4.69) is 62.4 Å². The molecule has 1 aliphatic rings. The van der Waals surface area contributed by atoms with Crippen LogP contribution in [0, 0.1) is 13.8 Å². The highest BCUT2D eigenvalue weighted by Crippen LogP contribution is 2.32. The molecule has 0 saturated carbocycles. The summed E-state index contributed by atoms with van der Waals surface area (Å²) in [5, 5.41) is 11.4. The molecule has 0 N–H and O–H groups in total. The van der Waals surface area contributed by atoms with Crippen LogP contribution in [0.3, 0.4) is 0 Å². The van der Waals surface area contributed by atoms with Crippen LogP contribution in [0.1, 0.15) is 22.3 Å². The number of aryl methyl sites for hydroxylation is 2. The summed E-state index contributed by atoms with van der Waals surface area (Å²) in [6.07, 6.45) is 3.91. The number of hydrogen-bond acceptors (Lipinski definition) is 5. The summed E-state index contributed by atoms with van der Waals surface area (Å²) < 4.78 is 7.94. The summed E-state index contributed by atoms with van der Waals surface area (Å²) in [7, 11) is 0. The fourth-order valence-corrected chi connectivity index (χ4v) is 6.23. The Labute approximate surface area is 285 Å². The number of para-hydroxylation sites is 2. The maximum absolute atomic E-state index is 14.0. The highest BCUT2D eigenvalue weighted by molar-refractivity contribution is 8.00. The highest BCUT2D eigenvalue weighted by Gasteiger charge is 2.31. The molecule has 0 fully saturated rings. The number of carbonyl (C=O) groups excluding carboxylic acids is 1. The standard InChI is InChI=1S/C41H34N4O2S/c1-29-13-17-31(18-14-29)27-47-36-21-19-32(20-22-36)40-33(26-44(43-40)34-9-5-3-6-10-34)25-38-39(28-48-37-23-15-30(2)16-24-37)42-45(41(38)46)35-11-7-4-8-12-35/h3-26H,27-28H2,1-2H3. The van der Waals surface area contributed by atoms with E-state index in [1.807, 2.05) is 102 Å². The van der Waals surface area contributed by atoms with Gasteiger partial charge in [-0.15, -0.1) is 11.8 Å². The van der Waals surface area contributed by atoms with Crippen LogP contribution in [0.2, 0.25) is 0 Å². The predicted octanol–water partition coefficient (Wildman–Crippen LogP) is 9.31.